The van der Waals surface area contributed by atoms with Crippen molar-refractivity contribution in [3.8, 4) is 0 Å². The highest BCUT2D eigenvalue weighted by Crippen LogP contribution is 2.32. The zero-order valence-electron chi connectivity index (χ0n) is 9.47. The predicted octanol–water partition coefficient (Wildman–Crippen LogP) is 4.19. The Morgan fingerprint density at radius 3 is 2.71 bits per heavy atom. The summed E-state index contributed by atoms with van der Waals surface area (Å²) in [5.74, 6) is 1.47. The van der Waals surface area contributed by atoms with Gasteiger partial charge in [-0.1, -0.05) is 51.1 Å². The standard InChI is InChI=1S/C12H23ClO/c1-3-5-6-10(4-2)9-11-7-8-14-12(11)13/h10-12H,3-9H2,1-2H3. The number of unbranched alkanes of at least 4 members (excludes halogenated alkanes) is 1. The molecule has 1 aliphatic heterocycles. The number of rotatable bonds is 6. The monoisotopic (exact) mass is 218 g/mol. The molecule has 14 heavy (non-hydrogen) atoms. The average Bonchev–Trinajstić information content (AvgIpc) is 2.59. The normalized spacial score (nSPS) is 29.4. The van der Waals surface area contributed by atoms with Crippen LogP contribution in [0.3, 0.4) is 0 Å². The molecule has 1 rings (SSSR count). The largest absolute Gasteiger partial charge is 0.362 e. The van der Waals surface area contributed by atoms with Gasteiger partial charge >= 0.3 is 0 Å². The summed E-state index contributed by atoms with van der Waals surface area (Å²) >= 11 is 6.09. The summed E-state index contributed by atoms with van der Waals surface area (Å²) in [7, 11) is 0. The molecule has 0 spiro atoms. The van der Waals surface area contributed by atoms with Gasteiger partial charge in [0.1, 0.15) is 5.56 Å². The van der Waals surface area contributed by atoms with Gasteiger partial charge in [-0.25, -0.2) is 0 Å². The lowest BCUT2D eigenvalue weighted by molar-refractivity contribution is 0.145. The highest BCUT2D eigenvalue weighted by atomic mass is 35.5. The van der Waals surface area contributed by atoms with Crippen molar-refractivity contribution in [2.24, 2.45) is 11.8 Å². The van der Waals surface area contributed by atoms with Crippen molar-refractivity contribution in [1.29, 1.82) is 0 Å². The van der Waals surface area contributed by atoms with Crippen molar-refractivity contribution >= 4 is 11.6 Å². The van der Waals surface area contributed by atoms with Gasteiger partial charge in [0, 0.05) is 12.5 Å². The molecule has 3 atom stereocenters. The van der Waals surface area contributed by atoms with Crippen LogP contribution >= 0.6 is 11.6 Å². The molecule has 0 bridgehead atoms. The number of alkyl halides is 1. The first kappa shape index (κ1) is 12.3. The van der Waals surface area contributed by atoms with Crippen LogP contribution in [0.1, 0.15) is 52.4 Å². The van der Waals surface area contributed by atoms with Gasteiger partial charge in [0.25, 0.3) is 0 Å². The molecule has 84 valence electrons. The Kier molecular flexibility index (Phi) is 5.88. The SMILES string of the molecule is CCCCC(CC)CC1CCOC1Cl. The van der Waals surface area contributed by atoms with E-state index in [4.69, 9.17) is 16.3 Å². The minimum atomic E-state index is -0.00863. The van der Waals surface area contributed by atoms with Crippen LogP contribution in [0, 0.1) is 11.8 Å². The van der Waals surface area contributed by atoms with Crippen molar-refractivity contribution in [2.75, 3.05) is 6.61 Å². The van der Waals surface area contributed by atoms with Gasteiger partial charge in [-0.3, -0.25) is 0 Å². The van der Waals surface area contributed by atoms with Crippen LogP contribution in [0.4, 0.5) is 0 Å². The van der Waals surface area contributed by atoms with Crippen molar-refractivity contribution < 1.29 is 4.74 Å². The lowest BCUT2D eigenvalue weighted by Crippen LogP contribution is -2.13. The molecule has 0 N–H and O–H groups in total. The third-order valence-electron chi connectivity index (χ3n) is 3.32. The summed E-state index contributed by atoms with van der Waals surface area (Å²) in [4.78, 5) is 0. The van der Waals surface area contributed by atoms with E-state index in [9.17, 15) is 0 Å². The first-order valence-corrected chi connectivity index (χ1v) is 6.47. The average molecular weight is 219 g/mol. The van der Waals surface area contributed by atoms with Crippen molar-refractivity contribution in [2.45, 2.75) is 57.9 Å². The summed E-state index contributed by atoms with van der Waals surface area (Å²) in [5.41, 5.74) is -0.00863. The summed E-state index contributed by atoms with van der Waals surface area (Å²) in [5, 5.41) is 0. The van der Waals surface area contributed by atoms with E-state index in [0.29, 0.717) is 5.92 Å². The number of halogens is 1. The van der Waals surface area contributed by atoms with Crippen LogP contribution in [-0.4, -0.2) is 12.2 Å². The number of hydrogen-bond donors (Lipinski definition) is 0. The van der Waals surface area contributed by atoms with E-state index in [2.05, 4.69) is 13.8 Å². The van der Waals surface area contributed by atoms with Crippen LogP contribution in [0.5, 0.6) is 0 Å². The van der Waals surface area contributed by atoms with Gasteiger partial charge in [-0.05, 0) is 18.8 Å². The zero-order chi connectivity index (χ0) is 10.4. The van der Waals surface area contributed by atoms with Crippen molar-refractivity contribution in [3.63, 3.8) is 0 Å². The fraction of sp³-hybridized carbons (Fsp3) is 1.00. The minimum Gasteiger partial charge on any atom is -0.362 e. The summed E-state index contributed by atoms with van der Waals surface area (Å²) in [6.45, 7) is 5.41. The molecule has 0 amide bonds. The van der Waals surface area contributed by atoms with Crippen molar-refractivity contribution in [1.82, 2.24) is 0 Å². The highest BCUT2D eigenvalue weighted by molar-refractivity contribution is 6.20. The summed E-state index contributed by atoms with van der Waals surface area (Å²) in [6.07, 6.45) is 7.76. The first-order chi connectivity index (χ1) is 6.77. The molecule has 1 heterocycles. The van der Waals surface area contributed by atoms with Gasteiger partial charge in [0.2, 0.25) is 0 Å². The van der Waals surface area contributed by atoms with E-state index in [-0.39, 0.29) is 5.56 Å². The molecule has 1 saturated heterocycles. The molecule has 0 radical (unpaired) electrons. The van der Waals surface area contributed by atoms with E-state index in [1.54, 1.807) is 0 Å². The van der Waals surface area contributed by atoms with Gasteiger partial charge in [-0.2, -0.15) is 0 Å². The molecule has 1 fully saturated rings. The van der Waals surface area contributed by atoms with Gasteiger partial charge in [0.05, 0.1) is 0 Å². The third-order valence-corrected chi connectivity index (χ3v) is 3.80. The lowest BCUT2D eigenvalue weighted by atomic mass is 9.88. The van der Waals surface area contributed by atoms with E-state index >= 15 is 0 Å². The van der Waals surface area contributed by atoms with E-state index in [1.165, 1.54) is 32.1 Å². The van der Waals surface area contributed by atoms with Gasteiger partial charge < -0.3 is 4.74 Å². The first-order valence-electron chi connectivity index (χ1n) is 6.03. The van der Waals surface area contributed by atoms with Gasteiger partial charge in [0.15, 0.2) is 0 Å². The quantitative estimate of drug-likeness (QED) is 0.608. The molecule has 0 aromatic heterocycles. The Morgan fingerprint density at radius 1 is 1.43 bits per heavy atom. The maximum absolute atomic E-state index is 6.09. The second kappa shape index (κ2) is 6.68. The molecule has 2 heteroatoms. The molecule has 0 aliphatic carbocycles. The van der Waals surface area contributed by atoms with E-state index in [0.717, 1.165) is 18.9 Å². The molecular formula is C12H23ClO. The Hall–Kier alpha value is 0.250. The fourth-order valence-corrected chi connectivity index (χ4v) is 2.55. The molecule has 1 nitrogen and oxygen atoms in total. The fourth-order valence-electron chi connectivity index (χ4n) is 2.23. The van der Waals surface area contributed by atoms with E-state index < -0.39 is 0 Å². The Balaban J connectivity index is 2.24. The van der Waals surface area contributed by atoms with Crippen LogP contribution < -0.4 is 0 Å². The van der Waals surface area contributed by atoms with Crippen molar-refractivity contribution in [3.05, 3.63) is 0 Å². The van der Waals surface area contributed by atoms with Gasteiger partial charge in [-0.15, -0.1) is 0 Å². The summed E-state index contributed by atoms with van der Waals surface area (Å²) < 4.78 is 5.38. The van der Waals surface area contributed by atoms with Crippen LogP contribution in [0.15, 0.2) is 0 Å². The molecule has 3 unspecified atom stereocenters. The topological polar surface area (TPSA) is 9.23 Å². The van der Waals surface area contributed by atoms with Crippen LogP contribution in [-0.2, 0) is 4.74 Å². The molecule has 1 aliphatic rings. The number of ether oxygens (including phenoxy) is 1. The molecular weight excluding hydrogens is 196 g/mol. The number of hydrogen-bond acceptors (Lipinski definition) is 1. The zero-order valence-corrected chi connectivity index (χ0v) is 10.2. The second-order valence-corrected chi connectivity index (χ2v) is 4.85. The smallest absolute Gasteiger partial charge is 0.134 e. The van der Waals surface area contributed by atoms with E-state index in [1.807, 2.05) is 0 Å². The maximum atomic E-state index is 6.09. The van der Waals surface area contributed by atoms with Crippen LogP contribution in [0.25, 0.3) is 0 Å². The minimum absolute atomic E-state index is 0.00863. The third kappa shape index (κ3) is 3.78. The predicted molar refractivity (Wildman–Crippen MR) is 61.6 cm³/mol. The second-order valence-electron chi connectivity index (χ2n) is 4.42. The maximum Gasteiger partial charge on any atom is 0.134 e. The molecule has 0 aromatic rings. The Morgan fingerprint density at radius 2 is 2.21 bits per heavy atom. The summed E-state index contributed by atoms with van der Waals surface area (Å²) in [6, 6.07) is 0. The Bertz CT molecular complexity index is 149. The molecule has 0 aromatic carbocycles. The molecule has 0 saturated carbocycles. The highest BCUT2D eigenvalue weighted by Gasteiger charge is 2.27. The Labute approximate surface area is 93.2 Å². The lowest BCUT2D eigenvalue weighted by Gasteiger charge is -2.20. The van der Waals surface area contributed by atoms with Crippen LogP contribution in [0.2, 0.25) is 0 Å².